The molecule has 0 unspecified atom stereocenters. The molecule has 0 saturated carbocycles. The van der Waals surface area contributed by atoms with Crippen LogP contribution < -0.4 is 19.9 Å². The third-order valence-electron chi connectivity index (χ3n) is 7.02. The number of ether oxygens (including phenoxy) is 2. The van der Waals surface area contributed by atoms with Gasteiger partial charge in [-0.2, -0.15) is 0 Å². The lowest BCUT2D eigenvalue weighted by Crippen LogP contribution is -2.22. The monoisotopic (exact) mass is 472 g/mol. The van der Waals surface area contributed by atoms with Crippen LogP contribution in [0.5, 0.6) is 5.75 Å². The Balaban J connectivity index is 1.29. The van der Waals surface area contributed by atoms with Crippen LogP contribution in [-0.2, 0) is 4.74 Å². The molecule has 35 heavy (non-hydrogen) atoms. The topological polar surface area (TPSA) is 66.9 Å². The van der Waals surface area contributed by atoms with Crippen LogP contribution in [0.1, 0.15) is 41.1 Å². The average Bonchev–Trinajstić information content (AvgIpc) is 3.46. The Kier molecular flexibility index (Phi) is 6.75. The lowest BCUT2D eigenvalue weighted by atomic mass is 9.92. The second-order valence-corrected chi connectivity index (χ2v) is 9.12. The Morgan fingerprint density at radius 3 is 2.69 bits per heavy atom. The van der Waals surface area contributed by atoms with E-state index in [1.54, 1.807) is 18.5 Å². The molecule has 2 aliphatic heterocycles. The van der Waals surface area contributed by atoms with Crippen molar-refractivity contribution in [3.8, 4) is 5.75 Å². The summed E-state index contributed by atoms with van der Waals surface area (Å²) < 4.78 is 10.9. The normalized spacial score (nSPS) is 16.9. The maximum atomic E-state index is 12.1. The summed E-state index contributed by atoms with van der Waals surface area (Å²) >= 11 is 0. The number of hydrogen-bond donors (Lipinski definition) is 1. The van der Waals surface area contributed by atoms with Crippen molar-refractivity contribution in [3.63, 3.8) is 0 Å². The van der Waals surface area contributed by atoms with Crippen molar-refractivity contribution in [3.05, 3.63) is 72.1 Å². The van der Waals surface area contributed by atoms with E-state index in [4.69, 9.17) is 9.47 Å². The summed E-state index contributed by atoms with van der Waals surface area (Å²) in [6.45, 7) is 3.64. The van der Waals surface area contributed by atoms with Crippen molar-refractivity contribution < 1.29 is 14.3 Å². The zero-order chi connectivity index (χ0) is 24.2. The number of methoxy groups -OCH3 is 1. The van der Waals surface area contributed by atoms with E-state index in [1.807, 2.05) is 0 Å². The van der Waals surface area contributed by atoms with Crippen molar-refractivity contribution in [1.82, 2.24) is 4.98 Å². The fourth-order valence-electron chi connectivity index (χ4n) is 4.94. The number of hydrogen-bond acceptors (Lipinski definition) is 7. The van der Waals surface area contributed by atoms with E-state index in [0.717, 1.165) is 36.6 Å². The Morgan fingerprint density at radius 1 is 1.14 bits per heavy atom. The number of carbonyl (C=O) groups excluding carboxylic acids is 1. The highest BCUT2D eigenvalue weighted by Gasteiger charge is 2.23. The first kappa shape index (κ1) is 23.0. The Hall–Kier alpha value is -3.74. The second kappa shape index (κ2) is 10.3. The quantitative estimate of drug-likeness (QED) is 0.473. The lowest BCUT2D eigenvalue weighted by Gasteiger charge is -2.29. The molecule has 1 N–H and O–H groups in total. The van der Waals surface area contributed by atoms with Gasteiger partial charge in [-0.1, -0.05) is 6.07 Å². The number of benzene rings is 2. The van der Waals surface area contributed by atoms with E-state index in [2.05, 4.69) is 69.6 Å². The first-order chi connectivity index (χ1) is 17.1. The predicted octanol–water partition coefficient (Wildman–Crippen LogP) is 5.21. The summed E-state index contributed by atoms with van der Waals surface area (Å²) in [5.74, 6) is 0.812. The number of fused-ring (bicyclic) bond motifs is 1. The predicted molar refractivity (Wildman–Crippen MR) is 139 cm³/mol. The molecule has 1 saturated heterocycles. The molecule has 3 heterocycles. The largest absolute Gasteiger partial charge is 0.493 e. The molecule has 1 atom stereocenters. The van der Waals surface area contributed by atoms with Crippen LogP contribution >= 0.6 is 0 Å². The standard InChI is InChI=1S/C28H32N4O3/c1-31(21-5-7-22(8-6-21)32-14-3-4-15-32)23-9-10-24-20(12-16-35-27(24)17-23)18-30-26-19-29-13-11-25(26)28(33)34-2/h5-11,13,17,19-20,30H,3-4,12,14-16,18H2,1-2H3/t20-/m0/s1. The van der Waals surface area contributed by atoms with Gasteiger partial charge in [0.15, 0.2) is 0 Å². The van der Waals surface area contributed by atoms with Crippen LogP contribution in [0.4, 0.5) is 22.7 Å². The van der Waals surface area contributed by atoms with Gasteiger partial charge in [0, 0.05) is 61.9 Å². The molecule has 0 amide bonds. The van der Waals surface area contributed by atoms with Crippen LogP contribution in [-0.4, -0.2) is 51.4 Å². The van der Waals surface area contributed by atoms with Gasteiger partial charge in [0.1, 0.15) is 5.75 Å². The highest BCUT2D eigenvalue weighted by molar-refractivity contribution is 5.95. The average molecular weight is 473 g/mol. The molecule has 3 aromatic rings. The van der Waals surface area contributed by atoms with Crippen LogP contribution in [0, 0.1) is 0 Å². The molecule has 7 heteroatoms. The third kappa shape index (κ3) is 4.90. The molecular weight excluding hydrogens is 440 g/mol. The van der Waals surface area contributed by atoms with Crippen LogP contribution in [0.15, 0.2) is 60.9 Å². The Bertz CT molecular complexity index is 1180. The number of anilines is 4. The summed E-state index contributed by atoms with van der Waals surface area (Å²) in [4.78, 5) is 20.9. The van der Waals surface area contributed by atoms with Crippen LogP contribution in [0.25, 0.3) is 0 Å². The first-order valence-electron chi connectivity index (χ1n) is 12.3. The summed E-state index contributed by atoms with van der Waals surface area (Å²) in [7, 11) is 3.48. The Labute approximate surface area is 206 Å². The van der Waals surface area contributed by atoms with Gasteiger partial charge in [-0.05, 0) is 61.2 Å². The fourth-order valence-corrected chi connectivity index (χ4v) is 4.94. The first-order valence-corrected chi connectivity index (χ1v) is 12.3. The molecule has 0 bridgehead atoms. The zero-order valence-electron chi connectivity index (χ0n) is 20.4. The van der Waals surface area contributed by atoms with Crippen LogP contribution in [0.3, 0.4) is 0 Å². The minimum Gasteiger partial charge on any atom is -0.493 e. The molecule has 7 nitrogen and oxygen atoms in total. The van der Waals surface area contributed by atoms with Gasteiger partial charge in [-0.15, -0.1) is 0 Å². The highest BCUT2D eigenvalue weighted by atomic mass is 16.5. The second-order valence-electron chi connectivity index (χ2n) is 9.12. The molecule has 2 aromatic carbocycles. The van der Waals surface area contributed by atoms with Gasteiger partial charge in [-0.3, -0.25) is 4.98 Å². The van der Waals surface area contributed by atoms with Gasteiger partial charge in [0.05, 0.1) is 31.2 Å². The molecule has 1 fully saturated rings. The number of rotatable bonds is 7. The number of pyridine rings is 1. The molecule has 1 aromatic heterocycles. The van der Waals surface area contributed by atoms with E-state index < -0.39 is 0 Å². The van der Waals surface area contributed by atoms with Gasteiger partial charge in [0.2, 0.25) is 0 Å². The van der Waals surface area contributed by atoms with Crippen molar-refractivity contribution in [2.75, 3.05) is 55.5 Å². The summed E-state index contributed by atoms with van der Waals surface area (Å²) in [6.07, 6.45) is 6.73. The van der Waals surface area contributed by atoms with Gasteiger partial charge >= 0.3 is 5.97 Å². The summed E-state index contributed by atoms with van der Waals surface area (Å²) in [5.41, 5.74) is 5.88. The molecular formula is C28H32N4O3. The maximum Gasteiger partial charge on any atom is 0.340 e. The number of aromatic nitrogens is 1. The minimum atomic E-state index is -0.372. The molecule has 0 spiro atoms. The van der Waals surface area contributed by atoms with E-state index in [9.17, 15) is 4.79 Å². The minimum absolute atomic E-state index is 0.267. The SMILES string of the molecule is COC(=O)c1ccncc1NC[C@@H]1CCOc2cc(N(C)c3ccc(N4CCCC4)cc3)ccc21. The lowest BCUT2D eigenvalue weighted by molar-refractivity contribution is 0.0601. The van der Waals surface area contributed by atoms with Crippen molar-refractivity contribution in [2.24, 2.45) is 0 Å². The van der Waals surface area contributed by atoms with Crippen molar-refractivity contribution in [2.45, 2.75) is 25.2 Å². The third-order valence-corrected chi connectivity index (χ3v) is 7.02. The summed E-state index contributed by atoms with van der Waals surface area (Å²) in [5, 5.41) is 3.40. The van der Waals surface area contributed by atoms with Crippen LogP contribution in [0.2, 0.25) is 0 Å². The molecule has 182 valence electrons. The maximum absolute atomic E-state index is 12.1. The Morgan fingerprint density at radius 2 is 1.91 bits per heavy atom. The smallest absolute Gasteiger partial charge is 0.340 e. The molecule has 0 radical (unpaired) electrons. The van der Waals surface area contributed by atoms with E-state index >= 15 is 0 Å². The zero-order valence-corrected chi connectivity index (χ0v) is 20.4. The number of nitrogens with zero attached hydrogens (tertiary/aromatic N) is 3. The van der Waals surface area contributed by atoms with E-state index in [-0.39, 0.29) is 11.9 Å². The molecule has 0 aliphatic carbocycles. The fraction of sp³-hybridized carbons (Fsp3) is 0.357. The van der Waals surface area contributed by atoms with Gasteiger partial charge < -0.3 is 24.6 Å². The molecule has 5 rings (SSSR count). The number of esters is 1. The number of carbonyl (C=O) groups is 1. The van der Waals surface area contributed by atoms with Gasteiger partial charge in [-0.25, -0.2) is 4.79 Å². The van der Waals surface area contributed by atoms with Crippen molar-refractivity contribution in [1.29, 1.82) is 0 Å². The van der Waals surface area contributed by atoms with Gasteiger partial charge in [0.25, 0.3) is 0 Å². The molecule has 2 aliphatic rings. The number of nitrogens with one attached hydrogen (secondary N) is 1. The van der Waals surface area contributed by atoms with E-state index in [0.29, 0.717) is 24.4 Å². The highest BCUT2D eigenvalue weighted by Crippen LogP contribution is 2.38. The van der Waals surface area contributed by atoms with Crippen molar-refractivity contribution >= 4 is 28.7 Å². The van der Waals surface area contributed by atoms with E-state index in [1.165, 1.54) is 31.2 Å². The summed E-state index contributed by atoms with van der Waals surface area (Å²) in [6, 6.07) is 16.9.